The summed E-state index contributed by atoms with van der Waals surface area (Å²) in [5.74, 6) is 2.23. The molecule has 0 saturated carbocycles. The molecule has 0 aliphatic rings. The van der Waals surface area contributed by atoms with Gasteiger partial charge in [-0.1, -0.05) is 13.3 Å². The number of aromatic nitrogens is 2. The van der Waals surface area contributed by atoms with Crippen LogP contribution >= 0.6 is 0 Å². The maximum Gasteiger partial charge on any atom is 0.157 e. The normalized spacial score (nSPS) is 10.5. The van der Waals surface area contributed by atoms with Crippen LogP contribution in [0.4, 0.5) is 17.3 Å². The van der Waals surface area contributed by atoms with Crippen molar-refractivity contribution in [1.29, 1.82) is 0 Å². The minimum Gasteiger partial charge on any atom is -0.467 e. The smallest absolute Gasteiger partial charge is 0.157 e. The molecule has 20 heavy (non-hydrogen) atoms. The van der Waals surface area contributed by atoms with Gasteiger partial charge in [-0.05, 0) is 18.6 Å². The first-order valence-electron chi connectivity index (χ1n) is 6.80. The van der Waals surface area contributed by atoms with Crippen molar-refractivity contribution in [3.05, 3.63) is 30.5 Å². The van der Waals surface area contributed by atoms with Crippen molar-refractivity contribution in [1.82, 2.24) is 9.97 Å². The van der Waals surface area contributed by atoms with Crippen LogP contribution in [0.25, 0.3) is 0 Å². The maximum atomic E-state index is 6.14. The van der Waals surface area contributed by atoms with Gasteiger partial charge in [0.05, 0.1) is 12.8 Å². The van der Waals surface area contributed by atoms with E-state index in [1.807, 2.05) is 19.2 Å². The molecular formula is C14H21N5O. The van der Waals surface area contributed by atoms with E-state index < -0.39 is 0 Å². The van der Waals surface area contributed by atoms with Gasteiger partial charge in [-0.15, -0.1) is 0 Å². The van der Waals surface area contributed by atoms with Crippen LogP contribution in [0.1, 0.15) is 25.5 Å². The second kappa shape index (κ2) is 6.79. The summed E-state index contributed by atoms with van der Waals surface area (Å²) in [5.41, 5.74) is 6.70. The van der Waals surface area contributed by atoms with Crippen LogP contribution in [0.15, 0.2) is 29.1 Å². The largest absolute Gasteiger partial charge is 0.467 e. The van der Waals surface area contributed by atoms with Crippen molar-refractivity contribution in [3.8, 4) is 0 Å². The molecule has 6 nitrogen and oxygen atoms in total. The molecule has 2 aromatic rings. The number of nitrogen functional groups attached to an aromatic ring is 1. The number of hydrogen-bond donors (Lipinski definition) is 2. The van der Waals surface area contributed by atoms with Crippen molar-refractivity contribution in [3.63, 3.8) is 0 Å². The molecule has 0 unspecified atom stereocenters. The lowest BCUT2D eigenvalue weighted by Crippen LogP contribution is -2.21. The fraction of sp³-hybridized carbons (Fsp3) is 0.429. The van der Waals surface area contributed by atoms with Crippen molar-refractivity contribution >= 4 is 17.3 Å². The first-order chi connectivity index (χ1) is 9.72. The molecule has 0 atom stereocenters. The monoisotopic (exact) mass is 275 g/mol. The van der Waals surface area contributed by atoms with E-state index in [9.17, 15) is 0 Å². The molecule has 2 rings (SSSR count). The highest BCUT2D eigenvalue weighted by Crippen LogP contribution is 2.25. The predicted molar refractivity (Wildman–Crippen MR) is 80.7 cm³/mol. The average molecular weight is 275 g/mol. The number of hydrogen-bond acceptors (Lipinski definition) is 6. The molecule has 0 radical (unpaired) electrons. The molecule has 0 bridgehead atoms. The summed E-state index contributed by atoms with van der Waals surface area (Å²) in [6.45, 7) is 3.63. The Morgan fingerprint density at radius 3 is 2.95 bits per heavy atom. The third-order valence-corrected chi connectivity index (χ3v) is 3.08. The molecule has 0 saturated heterocycles. The molecule has 0 amide bonds. The van der Waals surface area contributed by atoms with E-state index in [1.54, 1.807) is 6.26 Å². The van der Waals surface area contributed by atoms with E-state index in [1.165, 1.54) is 6.33 Å². The van der Waals surface area contributed by atoms with Gasteiger partial charge in [0, 0.05) is 13.6 Å². The van der Waals surface area contributed by atoms with Crippen molar-refractivity contribution < 1.29 is 4.42 Å². The summed E-state index contributed by atoms with van der Waals surface area (Å²) in [5, 5.41) is 3.17. The van der Waals surface area contributed by atoms with Crippen LogP contribution in [0, 0.1) is 0 Å². The molecule has 6 heteroatoms. The number of anilines is 3. The van der Waals surface area contributed by atoms with E-state index in [0.29, 0.717) is 18.1 Å². The van der Waals surface area contributed by atoms with E-state index in [0.717, 1.165) is 31.0 Å². The van der Waals surface area contributed by atoms with E-state index in [2.05, 4.69) is 27.1 Å². The fourth-order valence-electron chi connectivity index (χ4n) is 1.92. The maximum absolute atomic E-state index is 6.14. The molecule has 0 fully saturated rings. The molecule has 0 aliphatic heterocycles. The lowest BCUT2D eigenvalue weighted by Gasteiger charge is -2.20. The van der Waals surface area contributed by atoms with Crippen molar-refractivity contribution in [2.45, 2.75) is 26.3 Å². The zero-order valence-corrected chi connectivity index (χ0v) is 12.0. The molecule has 108 valence electrons. The van der Waals surface area contributed by atoms with Gasteiger partial charge in [0.2, 0.25) is 0 Å². The van der Waals surface area contributed by atoms with Gasteiger partial charge < -0.3 is 20.4 Å². The van der Waals surface area contributed by atoms with Crippen LogP contribution in [0.2, 0.25) is 0 Å². The predicted octanol–water partition coefficient (Wildman–Crippen LogP) is 2.50. The van der Waals surface area contributed by atoms with Gasteiger partial charge >= 0.3 is 0 Å². The Kier molecular flexibility index (Phi) is 4.81. The summed E-state index contributed by atoms with van der Waals surface area (Å²) < 4.78 is 5.27. The molecule has 2 heterocycles. The second-order valence-corrected chi connectivity index (χ2v) is 4.67. The van der Waals surface area contributed by atoms with Crippen molar-refractivity contribution in [2.75, 3.05) is 29.5 Å². The molecule has 0 aromatic carbocycles. The third-order valence-electron chi connectivity index (χ3n) is 3.08. The first-order valence-corrected chi connectivity index (χ1v) is 6.80. The fourth-order valence-corrected chi connectivity index (χ4v) is 1.92. The molecule has 2 aromatic heterocycles. The van der Waals surface area contributed by atoms with E-state index in [4.69, 9.17) is 10.2 Å². The lowest BCUT2D eigenvalue weighted by atomic mass is 10.3. The van der Waals surface area contributed by atoms with Crippen LogP contribution in [-0.4, -0.2) is 23.6 Å². The molecule has 3 N–H and O–H groups in total. The van der Waals surface area contributed by atoms with Gasteiger partial charge in [-0.25, -0.2) is 9.97 Å². The topological polar surface area (TPSA) is 80.2 Å². The van der Waals surface area contributed by atoms with Gasteiger partial charge in [0.1, 0.15) is 17.8 Å². The lowest BCUT2D eigenvalue weighted by molar-refractivity contribution is 0.518. The molecule has 0 spiro atoms. The Labute approximate surface area is 119 Å². The SMILES string of the molecule is CCCCN(C)c1ncnc(NCc2ccco2)c1N. The minimum absolute atomic E-state index is 0.548. The Hall–Kier alpha value is -2.24. The molecular weight excluding hydrogens is 254 g/mol. The number of unbranched alkanes of at least 4 members (excludes halogenated alkanes) is 1. The van der Waals surface area contributed by atoms with E-state index >= 15 is 0 Å². The summed E-state index contributed by atoms with van der Waals surface area (Å²) in [6.07, 6.45) is 5.41. The number of nitrogens with zero attached hydrogens (tertiary/aromatic N) is 3. The first kappa shape index (κ1) is 14.2. The second-order valence-electron chi connectivity index (χ2n) is 4.67. The van der Waals surface area contributed by atoms with E-state index in [-0.39, 0.29) is 0 Å². The highest BCUT2D eigenvalue weighted by Gasteiger charge is 2.11. The Bertz CT molecular complexity index is 526. The summed E-state index contributed by atoms with van der Waals surface area (Å²) in [6, 6.07) is 3.75. The van der Waals surface area contributed by atoms with Crippen LogP contribution in [0.3, 0.4) is 0 Å². The Balaban J connectivity index is 2.06. The quantitative estimate of drug-likeness (QED) is 0.808. The highest BCUT2D eigenvalue weighted by molar-refractivity contribution is 5.74. The summed E-state index contributed by atoms with van der Waals surface area (Å²) in [7, 11) is 1.99. The zero-order chi connectivity index (χ0) is 14.4. The van der Waals surface area contributed by atoms with Gasteiger partial charge in [0.15, 0.2) is 11.6 Å². The standard InChI is InChI=1S/C14H21N5O/c1-3-4-7-19(2)14-12(15)13(17-10-18-14)16-9-11-6-5-8-20-11/h5-6,8,10H,3-4,7,9,15H2,1-2H3,(H,16,17,18). The Morgan fingerprint density at radius 2 is 2.25 bits per heavy atom. The minimum atomic E-state index is 0.548. The van der Waals surface area contributed by atoms with Gasteiger partial charge in [-0.3, -0.25) is 0 Å². The number of nitrogens with one attached hydrogen (secondary N) is 1. The van der Waals surface area contributed by atoms with Gasteiger partial charge in [-0.2, -0.15) is 0 Å². The summed E-state index contributed by atoms with van der Waals surface area (Å²) >= 11 is 0. The number of nitrogens with two attached hydrogens (primary N) is 1. The Morgan fingerprint density at radius 1 is 1.40 bits per heavy atom. The zero-order valence-electron chi connectivity index (χ0n) is 12.0. The average Bonchev–Trinajstić information content (AvgIpc) is 2.97. The number of furan rings is 1. The van der Waals surface area contributed by atoms with Gasteiger partial charge in [0.25, 0.3) is 0 Å². The highest BCUT2D eigenvalue weighted by atomic mass is 16.3. The van der Waals surface area contributed by atoms with Crippen LogP contribution in [-0.2, 0) is 6.54 Å². The summed E-state index contributed by atoms with van der Waals surface area (Å²) in [4.78, 5) is 10.5. The van der Waals surface area contributed by atoms with Crippen molar-refractivity contribution in [2.24, 2.45) is 0 Å². The van der Waals surface area contributed by atoms with Crippen LogP contribution < -0.4 is 16.0 Å². The van der Waals surface area contributed by atoms with Crippen LogP contribution in [0.5, 0.6) is 0 Å². The third kappa shape index (κ3) is 3.40. The number of rotatable bonds is 7. The molecule has 0 aliphatic carbocycles.